The fraction of sp³-hybridized carbons (Fsp3) is 0.917. The van der Waals surface area contributed by atoms with E-state index in [9.17, 15) is 0 Å². The number of hydrogen-bond donors (Lipinski definition) is 0. The fourth-order valence-electron chi connectivity index (χ4n) is 2.03. The number of rotatable bonds is 0. The molecule has 0 bridgehead atoms. The maximum atomic E-state index is 3.83. The molecule has 1 saturated carbocycles. The molecule has 0 nitrogen and oxygen atoms in total. The first-order valence-corrected chi connectivity index (χ1v) is 11.1. The molecule has 0 N–H and O–H groups in total. The predicted molar refractivity (Wildman–Crippen MR) is 103 cm³/mol. The topological polar surface area (TPSA) is 0 Å². The van der Waals surface area contributed by atoms with Gasteiger partial charge in [-0.15, -0.1) is 0 Å². The Labute approximate surface area is 161 Å². The third-order valence-corrected chi connectivity index (χ3v) is 14.3. The SMILES string of the molecule is Br[C]1CCCCCCCCC(Br)C(Br)(Br)C1(Br)Br. The summed E-state index contributed by atoms with van der Waals surface area (Å²) in [7, 11) is 0. The average Bonchev–Trinajstić information content (AvgIpc) is 2.30. The monoisotopic (exact) mass is 635 g/mol. The Morgan fingerprint density at radius 2 is 1.33 bits per heavy atom. The molecule has 0 heterocycles. The minimum atomic E-state index is -0.305. The lowest BCUT2D eigenvalue weighted by atomic mass is 10.0. The van der Waals surface area contributed by atoms with Crippen LogP contribution < -0.4 is 0 Å². The Morgan fingerprint density at radius 3 is 1.94 bits per heavy atom. The minimum absolute atomic E-state index is 0.259. The van der Waals surface area contributed by atoms with Crippen molar-refractivity contribution in [3.05, 3.63) is 4.83 Å². The van der Waals surface area contributed by atoms with Crippen LogP contribution in [-0.4, -0.2) is 11.3 Å². The normalized spacial score (nSPS) is 31.3. The molecular weight excluding hydrogens is 624 g/mol. The molecule has 1 rings (SSSR count). The molecule has 1 radical (unpaired) electrons. The molecule has 1 aliphatic rings. The van der Waals surface area contributed by atoms with Gasteiger partial charge in [0.05, 0.1) is 4.83 Å². The maximum absolute atomic E-state index is 3.83. The van der Waals surface area contributed by atoms with Crippen molar-refractivity contribution in [2.75, 3.05) is 0 Å². The zero-order valence-electron chi connectivity index (χ0n) is 10.0. The number of hydrogen-bond acceptors (Lipinski definition) is 0. The van der Waals surface area contributed by atoms with Gasteiger partial charge in [0.25, 0.3) is 0 Å². The molecule has 107 valence electrons. The molecule has 0 aromatic rings. The largest absolute Gasteiger partial charge is 0.123 e. The van der Waals surface area contributed by atoms with E-state index in [0.29, 0.717) is 4.83 Å². The molecule has 18 heavy (non-hydrogen) atoms. The van der Waals surface area contributed by atoms with Crippen molar-refractivity contribution in [2.24, 2.45) is 0 Å². The van der Waals surface area contributed by atoms with Crippen molar-refractivity contribution < 1.29 is 0 Å². The third-order valence-electron chi connectivity index (χ3n) is 3.26. The molecule has 0 aliphatic heterocycles. The number of halogens is 6. The quantitative estimate of drug-likeness (QED) is 0.237. The van der Waals surface area contributed by atoms with Crippen LogP contribution in [0.2, 0.25) is 0 Å². The molecule has 0 saturated heterocycles. The van der Waals surface area contributed by atoms with E-state index in [1.165, 1.54) is 43.4 Å². The van der Waals surface area contributed by atoms with Gasteiger partial charge in [-0.2, -0.15) is 0 Å². The average molecular weight is 641 g/mol. The molecule has 1 atom stereocenters. The minimum Gasteiger partial charge on any atom is -0.0865 e. The summed E-state index contributed by atoms with van der Waals surface area (Å²) in [6, 6.07) is 0. The second kappa shape index (κ2) is 8.50. The second-order valence-corrected chi connectivity index (χ2v) is 13.8. The standard InChI is InChI=1S/C12H17Br6/c13-9-7-5-3-1-2-4-6-8-10(14)12(17,18)11(9,15)16/h9H,1-8H2. The Balaban J connectivity index is 2.81. The van der Waals surface area contributed by atoms with Crippen LogP contribution in [0.25, 0.3) is 0 Å². The zero-order chi connectivity index (χ0) is 13.8. The van der Waals surface area contributed by atoms with E-state index >= 15 is 0 Å². The van der Waals surface area contributed by atoms with Crippen molar-refractivity contribution in [3.8, 4) is 0 Å². The summed E-state index contributed by atoms with van der Waals surface area (Å²) < 4.78 is -0.564. The molecular formula is C12H17Br6. The van der Waals surface area contributed by atoms with Crippen LogP contribution in [0.5, 0.6) is 0 Å². The van der Waals surface area contributed by atoms with Crippen LogP contribution in [0, 0.1) is 4.83 Å². The molecule has 0 amide bonds. The van der Waals surface area contributed by atoms with E-state index in [-0.39, 0.29) is 6.47 Å². The summed E-state index contributed by atoms with van der Waals surface area (Å²) in [4.78, 5) is 1.59. The van der Waals surface area contributed by atoms with Gasteiger partial charge >= 0.3 is 0 Å². The Morgan fingerprint density at radius 1 is 0.833 bits per heavy atom. The van der Waals surface area contributed by atoms with Gasteiger partial charge in [0.2, 0.25) is 0 Å². The number of alkyl halides is 5. The molecule has 0 aromatic heterocycles. The van der Waals surface area contributed by atoms with E-state index < -0.39 is 0 Å². The van der Waals surface area contributed by atoms with Gasteiger partial charge in [-0.05, 0) is 12.8 Å². The van der Waals surface area contributed by atoms with E-state index in [2.05, 4.69) is 95.6 Å². The molecule has 1 aliphatic carbocycles. The fourth-order valence-corrected chi connectivity index (χ4v) is 6.32. The van der Waals surface area contributed by atoms with Crippen LogP contribution in [0.15, 0.2) is 0 Å². The Kier molecular flexibility index (Phi) is 8.93. The second-order valence-electron chi connectivity index (χ2n) is 4.73. The van der Waals surface area contributed by atoms with Crippen LogP contribution in [-0.2, 0) is 0 Å². The summed E-state index contributed by atoms with van der Waals surface area (Å²) in [6.45, 7) is 0. The highest BCUT2D eigenvalue weighted by Gasteiger charge is 2.53. The third kappa shape index (κ3) is 4.96. The van der Waals surface area contributed by atoms with Crippen LogP contribution >= 0.6 is 95.6 Å². The van der Waals surface area contributed by atoms with E-state index in [0.717, 1.165) is 12.8 Å². The molecule has 6 heteroatoms. The lowest BCUT2D eigenvalue weighted by Crippen LogP contribution is -2.44. The van der Waals surface area contributed by atoms with Crippen molar-refractivity contribution in [3.63, 3.8) is 0 Å². The highest BCUT2D eigenvalue weighted by Crippen LogP contribution is 2.60. The maximum Gasteiger partial charge on any atom is 0.123 e. The van der Waals surface area contributed by atoms with Crippen molar-refractivity contribution in [2.45, 2.75) is 62.7 Å². The van der Waals surface area contributed by atoms with Gasteiger partial charge in [0.15, 0.2) is 0 Å². The van der Waals surface area contributed by atoms with Gasteiger partial charge in [-0.3, -0.25) is 0 Å². The van der Waals surface area contributed by atoms with Crippen LogP contribution in [0.3, 0.4) is 0 Å². The van der Waals surface area contributed by atoms with Crippen LogP contribution in [0.4, 0.5) is 0 Å². The summed E-state index contributed by atoms with van der Waals surface area (Å²) >= 11 is 22.9. The van der Waals surface area contributed by atoms with Gasteiger partial charge in [-0.1, -0.05) is 134 Å². The Hall–Kier alpha value is 2.88. The Bertz CT molecular complexity index is 227. The lowest BCUT2D eigenvalue weighted by molar-refractivity contribution is 0.543. The highest BCUT2D eigenvalue weighted by atomic mass is 79.9. The van der Waals surface area contributed by atoms with Crippen LogP contribution in [0.1, 0.15) is 51.4 Å². The summed E-state index contributed by atoms with van der Waals surface area (Å²) in [5.41, 5.74) is 0. The molecule has 0 spiro atoms. The molecule has 1 fully saturated rings. The van der Waals surface area contributed by atoms with Crippen molar-refractivity contribution in [1.82, 2.24) is 0 Å². The first-order chi connectivity index (χ1) is 8.30. The van der Waals surface area contributed by atoms with Gasteiger partial charge in [0.1, 0.15) is 6.47 Å². The van der Waals surface area contributed by atoms with Crippen molar-refractivity contribution in [1.29, 1.82) is 0 Å². The van der Waals surface area contributed by atoms with E-state index in [1.807, 2.05) is 0 Å². The molecule has 0 aromatic carbocycles. The summed E-state index contributed by atoms with van der Waals surface area (Å²) in [5, 5.41) is 0. The van der Waals surface area contributed by atoms with Gasteiger partial charge < -0.3 is 0 Å². The highest BCUT2D eigenvalue weighted by molar-refractivity contribution is 9.31. The first-order valence-electron chi connectivity index (χ1n) is 6.21. The van der Waals surface area contributed by atoms with Crippen molar-refractivity contribution >= 4 is 95.6 Å². The van der Waals surface area contributed by atoms with E-state index in [1.54, 1.807) is 0 Å². The zero-order valence-corrected chi connectivity index (χ0v) is 19.5. The summed E-state index contributed by atoms with van der Waals surface area (Å²) in [6.07, 6.45) is 10.1. The lowest BCUT2D eigenvalue weighted by Gasteiger charge is -2.41. The molecule has 1 unspecified atom stereocenters. The van der Waals surface area contributed by atoms with E-state index in [4.69, 9.17) is 0 Å². The predicted octanol–water partition coefficient (Wildman–Crippen LogP) is 7.78. The van der Waals surface area contributed by atoms with Gasteiger partial charge in [0, 0.05) is 4.83 Å². The first kappa shape index (κ1) is 18.9. The smallest absolute Gasteiger partial charge is 0.0865 e. The summed E-state index contributed by atoms with van der Waals surface area (Å²) in [5.74, 6) is 0. The van der Waals surface area contributed by atoms with Gasteiger partial charge in [-0.25, -0.2) is 0 Å².